The van der Waals surface area contributed by atoms with Crippen LogP contribution in [0.4, 0.5) is 23.2 Å². The minimum Gasteiger partial charge on any atom is -0.452 e. The normalized spacial score (nSPS) is 11.1. The quantitative estimate of drug-likeness (QED) is 0.640. The summed E-state index contributed by atoms with van der Waals surface area (Å²) in [4.78, 5) is 23.4. The van der Waals surface area contributed by atoms with Crippen LogP contribution in [-0.4, -0.2) is 18.5 Å². The van der Waals surface area contributed by atoms with Gasteiger partial charge in [0.05, 0.1) is 21.8 Å². The van der Waals surface area contributed by atoms with Crippen LogP contribution in [0.5, 0.6) is 0 Å². The Balaban J connectivity index is 2.01. The maximum atomic E-state index is 13.4. The van der Waals surface area contributed by atoms with E-state index >= 15 is 0 Å². The van der Waals surface area contributed by atoms with E-state index < -0.39 is 36.0 Å². The predicted octanol–water partition coefficient (Wildman–Crippen LogP) is 4.29. The molecule has 0 saturated heterocycles. The van der Waals surface area contributed by atoms with Gasteiger partial charge < -0.3 is 10.1 Å². The molecule has 25 heavy (non-hydrogen) atoms. The Morgan fingerprint density at radius 1 is 1.12 bits per heavy atom. The summed E-state index contributed by atoms with van der Waals surface area (Å²) in [6, 6.07) is 7.37. The van der Waals surface area contributed by atoms with E-state index in [-0.39, 0.29) is 16.3 Å². The highest BCUT2D eigenvalue weighted by atomic mass is 35.5. The number of amides is 1. The summed E-state index contributed by atoms with van der Waals surface area (Å²) in [7, 11) is 0. The molecule has 0 unspecified atom stereocenters. The number of nitrogens with one attached hydrogen (secondary N) is 1. The second kappa shape index (κ2) is 7.52. The Labute approximate surface area is 144 Å². The lowest BCUT2D eigenvalue weighted by Gasteiger charge is -2.12. The largest absolute Gasteiger partial charge is 0.452 e. The molecule has 4 nitrogen and oxygen atoms in total. The first kappa shape index (κ1) is 18.7. The minimum absolute atomic E-state index is 0.123. The van der Waals surface area contributed by atoms with Crippen molar-refractivity contribution in [3.05, 3.63) is 64.4 Å². The molecule has 1 amide bonds. The highest BCUT2D eigenvalue weighted by Crippen LogP contribution is 2.33. The van der Waals surface area contributed by atoms with Crippen molar-refractivity contribution in [2.75, 3.05) is 11.9 Å². The summed E-state index contributed by atoms with van der Waals surface area (Å²) >= 11 is 5.73. The van der Waals surface area contributed by atoms with Gasteiger partial charge in [0.2, 0.25) is 0 Å². The van der Waals surface area contributed by atoms with Gasteiger partial charge in [0, 0.05) is 0 Å². The van der Waals surface area contributed by atoms with Gasteiger partial charge >= 0.3 is 12.1 Å². The van der Waals surface area contributed by atoms with Crippen molar-refractivity contribution in [1.82, 2.24) is 0 Å². The molecule has 9 heteroatoms. The Morgan fingerprint density at radius 3 is 2.44 bits per heavy atom. The van der Waals surface area contributed by atoms with Crippen LogP contribution < -0.4 is 5.32 Å². The molecule has 0 heterocycles. The summed E-state index contributed by atoms with van der Waals surface area (Å²) in [5, 5.41) is 1.98. The van der Waals surface area contributed by atoms with Crippen LogP contribution in [0.1, 0.15) is 15.9 Å². The predicted molar refractivity (Wildman–Crippen MR) is 81.8 cm³/mol. The van der Waals surface area contributed by atoms with Crippen molar-refractivity contribution in [2.45, 2.75) is 6.18 Å². The molecule has 0 aromatic heterocycles. The third kappa shape index (κ3) is 4.93. The van der Waals surface area contributed by atoms with Gasteiger partial charge in [-0.15, -0.1) is 0 Å². The fourth-order valence-electron chi connectivity index (χ4n) is 1.82. The van der Waals surface area contributed by atoms with Crippen LogP contribution in [0.3, 0.4) is 0 Å². The molecule has 132 valence electrons. The minimum atomic E-state index is -4.61. The van der Waals surface area contributed by atoms with Crippen LogP contribution in [0.15, 0.2) is 42.5 Å². The molecule has 0 radical (unpaired) electrons. The van der Waals surface area contributed by atoms with E-state index in [1.54, 1.807) is 0 Å². The average molecular weight is 376 g/mol. The van der Waals surface area contributed by atoms with E-state index in [1.165, 1.54) is 18.2 Å². The van der Waals surface area contributed by atoms with Gasteiger partial charge in [0.25, 0.3) is 5.91 Å². The van der Waals surface area contributed by atoms with Gasteiger partial charge in [-0.3, -0.25) is 4.79 Å². The van der Waals surface area contributed by atoms with E-state index in [0.717, 1.165) is 18.2 Å². The van der Waals surface area contributed by atoms with Crippen LogP contribution in [-0.2, 0) is 15.7 Å². The van der Waals surface area contributed by atoms with Gasteiger partial charge in [-0.25, -0.2) is 9.18 Å². The topological polar surface area (TPSA) is 55.4 Å². The molecule has 0 saturated carbocycles. The van der Waals surface area contributed by atoms with Crippen LogP contribution >= 0.6 is 11.6 Å². The number of hydrogen-bond donors (Lipinski definition) is 1. The zero-order valence-corrected chi connectivity index (χ0v) is 13.1. The third-order valence-corrected chi connectivity index (χ3v) is 3.33. The summed E-state index contributed by atoms with van der Waals surface area (Å²) < 4.78 is 56.0. The zero-order chi connectivity index (χ0) is 18.6. The van der Waals surface area contributed by atoms with Crippen LogP contribution in [0, 0.1) is 5.82 Å². The van der Waals surface area contributed by atoms with Crippen molar-refractivity contribution in [3.63, 3.8) is 0 Å². The van der Waals surface area contributed by atoms with Crippen LogP contribution in [0.2, 0.25) is 5.02 Å². The van der Waals surface area contributed by atoms with Crippen molar-refractivity contribution < 1.29 is 31.9 Å². The standard InChI is InChI=1S/C16H10ClF4NO3/c17-11-6-5-9(16(19,20)21)7-13(11)22-14(23)8-25-15(24)10-3-1-2-4-12(10)18/h1-7H,8H2,(H,22,23). The highest BCUT2D eigenvalue weighted by molar-refractivity contribution is 6.33. The van der Waals surface area contributed by atoms with Crippen LogP contribution in [0.25, 0.3) is 0 Å². The van der Waals surface area contributed by atoms with E-state index in [0.29, 0.717) is 6.07 Å². The molecule has 1 N–H and O–H groups in total. The number of anilines is 1. The van der Waals surface area contributed by atoms with Gasteiger partial charge in [-0.05, 0) is 30.3 Å². The summed E-state index contributed by atoms with van der Waals surface area (Å²) in [6.07, 6.45) is -4.61. The Morgan fingerprint density at radius 2 is 1.80 bits per heavy atom. The maximum absolute atomic E-state index is 13.4. The maximum Gasteiger partial charge on any atom is 0.416 e. The SMILES string of the molecule is O=C(COC(=O)c1ccccc1F)Nc1cc(C(F)(F)F)ccc1Cl. The molecule has 0 bridgehead atoms. The smallest absolute Gasteiger partial charge is 0.416 e. The van der Waals surface area contributed by atoms with Gasteiger partial charge in [-0.2, -0.15) is 13.2 Å². The van der Waals surface area contributed by atoms with Crippen molar-refractivity contribution in [2.24, 2.45) is 0 Å². The van der Waals surface area contributed by atoms with Gasteiger partial charge in [0.15, 0.2) is 6.61 Å². The molecule has 0 aliphatic heterocycles. The van der Waals surface area contributed by atoms with Crippen molar-refractivity contribution >= 4 is 29.2 Å². The molecule has 0 atom stereocenters. The average Bonchev–Trinajstić information content (AvgIpc) is 2.54. The van der Waals surface area contributed by atoms with E-state index in [4.69, 9.17) is 11.6 Å². The molecule has 2 rings (SSSR count). The Bertz CT molecular complexity index is 808. The molecular formula is C16H10ClF4NO3. The molecule has 0 aliphatic rings. The molecule has 2 aromatic rings. The van der Waals surface area contributed by atoms with Crippen molar-refractivity contribution in [1.29, 1.82) is 0 Å². The lowest BCUT2D eigenvalue weighted by molar-refractivity contribution is -0.137. The highest BCUT2D eigenvalue weighted by Gasteiger charge is 2.31. The lowest BCUT2D eigenvalue weighted by Crippen LogP contribution is -2.21. The zero-order valence-electron chi connectivity index (χ0n) is 12.4. The van der Waals surface area contributed by atoms with Gasteiger partial charge in [0.1, 0.15) is 5.82 Å². The summed E-state index contributed by atoms with van der Waals surface area (Å²) in [5.74, 6) is -2.83. The molecule has 0 fully saturated rings. The van der Waals surface area contributed by atoms with E-state index in [2.05, 4.69) is 10.1 Å². The first-order chi connectivity index (χ1) is 11.7. The monoisotopic (exact) mass is 375 g/mol. The number of rotatable bonds is 4. The molecule has 0 aliphatic carbocycles. The van der Waals surface area contributed by atoms with E-state index in [9.17, 15) is 27.2 Å². The number of esters is 1. The second-order valence-electron chi connectivity index (χ2n) is 4.80. The fourth-order valence-corrected chi connectivity index (χ4v) is 1.98. The first-order valence-corrected chi connectivity index (χ1v) is 7.14. The number of ether oxygens (including phenoxy) is 1. The fraction of sp³-hybridized carbons (Fsp3) is 0.125. The molecule has 0 spiro atoms. The Kier molecular flexibility index (Phi) is 5.63. The number of alkyl halides is 3. The second-order valence-corrected chi connectivity index (χ2v) is 5.20. The summed E-state index contributed by atoms with van der Waals surface area (Å²) in [5.41, 5.74) is -1.66. The number of hydrogen-bond acceptors (Lipinski definition) is 3. The third-order valence-electron chi connectivity index (χ3n) is 3.00. The molecular weight excluding hydrogens is 366 g/mol. The number of carbonyl (C=O) groups excluding carboxylic acids is 2. The summed E-state index contributed by atoms with van der Waals surface area (Å²) in [6.45, 7) is -0.820. The lowest BCUT2D eigenvalue weighted by atomic mass is 10.2. The number of benzene rings is 2. The number of halogens is 5. The van der Waals surface area contributed by atoms with Crippen molar-refractivity contribution in [3.8, 4) is 0 Å². The first-order valence-electron chi connectivity index (χ1n) is 6.76. The number of carbonyl (C=O) groups is 2. The van der Waals surface area contributed by atoms with E-state index in [1.807, 2.05) is 0 Å². The Hall–Kier alpha value is -2.61. The molecule has 2 aromatic carbocycles. The van der Waals surface area contributed by atoms with Gasteiger partial charge in [-0.1, -0.05) is 23.7 Å².